The van der Waals surface area contributed by atoms with Gasteiger partial charge in [-0.2, -0.15) is 0 Å². The lowest BCUT2D eigenvalue weighted by Crippen LogP contribution is -2.58. The van der Waals surface area contributed by atoms with Crippen molar-refractivity contribution in [2.24, 2.45) is 34.5 Å². The highest BCUT2D eigenvalue weighted by Crippen LogP contribution is 2.59. The fourth-order valence-electron chi connectivity index (χ4n) is 6.75. The third-order valence-electron chi connectivity index (χ3n) is 9.04. The van der Waals surface area contributed by atoms with Gasteiger partial charge in [-0.15, -0.1) is 0 Å². The van der Waals surface area contributed by atoms with E-state index in [4.69, 9.17) is 9.47 Å². The summed E-state index contributed by atoms with van der Waals surface area (Å²) < 4.78 is 11.1. The summed E-state index contributed by atoms with van der Waals surface area (Å²) in [6.45, 7) is 8.01. The van der Waals surface area contributed by atoms with E-state index in [-0.39, 0.29) is 18.0 Å². The molecule has 5 aliphatic rings. The Bertz CT molecular complexity index is 684. The zero-order valence-electron chi connectivity index (χ0n) is 18.4. The number of carbonyl (C=O) groups excluding carboxylic acids is 3. The van der Waals surface area contributed by atoms with Crippen LogP contribution in [-0.2, 0) is 23.9 Å². The van der Waals surface area contributed by atoms with Crippen molar-refractivity contribution in [3.05, 3.63) is 0 Å². The van der Waals surface area contributed by atoms with E-state index in [1.165, 1.54) is 32.1 Å². The van der Waals surface area contributed by atoms with Gasteiger partial charge >= 0.3 is 17.9 Å². The third-order valence-corrected chi connectivity index (χ3v) is 9.04. The maximum atomic E-state index is 13.3. The zero-order valence-corrected chi connectivity index (χ0v) is 18.4. The maximum Gasteiger partial charge on any atom is 0.320 e. The van der Waals surface area contributed by atoms with Crippen LogP contribution in [0.5, 0.6) is 0 Å². The predicted octanol–water partition coefficient (Wildman–Crippen LogP) is 4.81. The predicted molar refractivity (Wildman–Crippen MR) is 108 cm³/mol. The normalized spacial score (nSPS) is 42.6. The molecule has 1 heterocycles. The molecule has 0 aromatic carbocycles. The van der Waals surface area contributed by atoms with E-state index in [1.54, 1.807) is 6.92 Å². The van der Waals surface area contributed by atoms with E-state index in [1.807, 2.05) is 13.8 Å². The Morgan fingerprint density at radius 1 is 1.10 bits per heavy atom. The van der Waals surface area contributed by atoms with Crippen molar-refractivity contribution in [2.45, 2.75) is 97.5 Å². The molecule has 0 amide bonds. The Labute approximate surface area is 174 Å². The smallest absolute Gasteiger partial charge is 0.320 e. The molecule has 0 aromatic rings. The molecule has 4 saturated carbocycles. The number of ether oxygens (including phenoxy) is 2. The summed E-state index contributed by atoms with van der Waals surface area (Å²) in [5, 5.41) is 0. The Balaban J connectivity index is 1.38. The second-order valence-electron chi connectivity index (χ2n) is 11.1. The van der Waals surface area contributed by atoms with Gasteiger partial charge in [0.25, 0.3) is 0 Å². The topological polar surface area (TPSA) is 69.7 Å². The van der Waals surface area contributed by atoms with Gasteiger partial charge < -0.3 is 9.47 Å². The molecule has 0 radical (unpaired) electrons. The summed E-state index contributed by atoms with van der Waals surface area (Å²) >= 11 is 0. The molecule has 29 heavy (non-hydrogen) atoms. The molecule has 4 aliphatic carbocycles. The SMILES string of the molecule is CCC(C)(CCCC1(C)CC(=O)OC1=O)C(=O)OC1(C)C2CC3CC(C2)CC1C3. The molecular weight excluding hydrogens is 368 g/mol. The molecule has 5 rings (SSSR count). The molecule has 1 saturated heterocycles. The van der Waals surface area contributed by atoms with Gasteiger partial charge in [0.05, 0.1) is 17.3 Å². The second-order valence-corrected chi connectivity index (χ2v) is 11.1. The minimum atomic E-state index is -0.747. The Morgan fingerprint density at radius 3 is 2.17 bits per heavy atom. The van der Waals surface area contributed by atoms with Crippen LogP contribution in [0.4, 0.5) is 0 Å². The van der Waals surface area contributed by atoms with Gasteiger partial charge in [-0.25, -0.2) is 0 Å². The average molecular weight is 405 g/mol. The monoisotopic (exact) mass is 404 g/mol. The Hall–Kier alpha value is -1.39. The molecule has 5 fully saturated rings. The molecule has 162 valence electrons. The van der Waals surface area contributed by atoms with Gasteiger partial charge in [0.2, 0.25) is 0 Å². The molecule has 0 spiro atoms. The summed E-state index contributed by atoms with van der Waals surface area (Å²) in [6.07, 6.45) is 9.03. The van der Waals surface area contributed by atoms with Crippen LogP contribution in [0.25, 0.3) is 0 Å². The van der Waals surface area contributed by atoms with E-state index < -0.39 is 22.8 Å². The molecule has 0 N–H and O–H groups in total. The van der Waals surface area contributed by atoms with E-state index in [0.29, 0.717) is 37.5 Å². The van der Waals surface area contributed by atoms with Crippen molar-refractivity contribution in [2.75, 3.05) is 0 Å². The summed E-state index contributed by atoms with van der Waals surface area (Å²) in [5.74, 6) is 1.77. The zero-order chi connectivity index (χ0) is 21.0. The van der Waals surface area contributed by atoms with E-state index in [0.717, 1.165) is 11.8 Å². The van der Waals surface area contributed by atoms with Gasteiger partial charge in [-0.1, -0.05) is 13.3 Å². The van der Waals surface area contributed by atoms with Crippen LogP contribution in [-0.4, -0.2) is 23.5 Å². The fraction of sp³-hybridized carbons (Fsp3) is 0.875. The fourth-order valence-corrected chi connectivity index (χ4v) is 6.75. The van der Waals surface area contributed by atoms with Crippen molar-refractivity contribution in [3.8, 4) is 0 Å². The van der Waals surface area contributed by atoms with Crippen LogP contribution in [0.2, 0.25) is 0 Å². The Morgan fingerprint density at radius 2 is 1.69 bits per heavy atom. The highest BCUT2D eigenvalue weighted by Gasteiger charge is 2.58. The molecule has 1 aliphatic heterocycles. The van der Waals surface area contributed by atoms with Gasteiger partial charge in [0.15, 0.2) is 0 Å². The summed E-state index contributed by atoms with van der Waals surface area (Å²) in [5.41, 5.74) is -1.61. The van der Waals surface area contributed by atoms with Crippen molar-refractivity contribution < 1.29 is 23.9 Å². The average Bonchev–Trinajstić information content (AvgIpc) is 2.90. The van der Waals surface area contributed by atoms with Crippen molar-refractivity contribution in [1.29, 1.82) is 0 Å². The first-order chi connectivity index (χ1) is 13.6. The van der Waals surface area contributed by atoms with Gasteiger partial charge in [0, 0.05) is 0 Å². The number of esters is 3. The minimum absolute atomic E-state index is 0.0785. The van der Waals surface area contributed by atoms with E-state index in [2.05, 4.69) is 6.92 Å². The molecular formula is C24H36O5. The summed E-state index contributed by atoms with van der Waals surface area (Å²) in [7, 11) is 0. The number of carbonyl (C=O) groups is 3. The lowest BCUT2D eigenvalue weighted by molar-refractivity contribution is -0.212. The van der Waals surface area contributed by atoms with Crippen LogP contribution in [0.3, 0.4) is 0 Å². The lowest BCUT2D eigenvalue weighted by atomic mass is 9.50. The van der Waals surface area contributed by atoms with E-state index >= 15 is 0 Å². The van der Waals surface area contributed by atoms with Crippen LogP contribution < -0.4 is 0 Å². The van der Waals surface area contributed by atoms with E-state index in [9.17, 15) is 14.4 Å². The number of hydrogen-bond donors (Lipinski definition) is 0. The largest absolute Gasteiger partial charge is 0.458 e. The quantitative estimate of drug-likeness (QED) is 0.450. The highest BCUT2D eigenvalue weighted by molar-refractivity contribution is 5.97. The van der Waals surface area contributed by atoms with Crippen LogP contribution >= 0.6 is 0 Å². The number of cyclic esters (lactones) is 2. The van der Waals surface area contributed by atoms with Gasteiger partial charge in [0.1, 0.15) is 5.60 Å². The standard InChI is InChI=1S/C24H36O5/c1-5-22(2,7-6-8-23(3)14-19(25)28-20(23)26)21(27)29-24(4)17-10-15-9-16(12-17)13-18(24)11-15/h15-18H,5-14H2,1-4H3. The van der Waals surface area contributed by atoms with Gasteiger partial charge in [-0.05, 0) is 95.8 Å². The first-order valence-electron chi connectivity index (χ1n) is 11.6. The van der Waals surface area contributed by atoms with Crippen molar-refractivity contribution >= 4 is 17.9 Å². The first-order valence-corrected chi connectivity index (χ1v) is 11.6. The second kappa shape index (κ2) is 7.09. The Kier molecular flexibility index (Phi) is 5.10. The third kappa shape index (κ3) is 3.53. The van der Waals surface area contributed by atoms with Crippen molar-refractivity contribution in [1.82, 2.24) is 0 Å². The first kappa shape index (κ1) is 20.9. The summed E-state index contributed by atoms with van der Waals surface area (Å²) in [4.78, 5) is 36.8. The van der Waals surface area contributed by atoms with Crippen LogP contribution in [0, 0.1) is 34.5 Å². The lowest BCUT2D eigenvalue weighted by Gasteiger charge is -2.59. The highest BCUT2D eigenvalue weighted by atomic mass is 16.6. The van der Waals surface area contributed by atoms with Crippen molar-refractivity contribution in [3.63, 3.8) is 0 Å². The maximum absolute atomic E-state index is 13.3. The molecule has 5 nitrogen and oxygen atoms in total. The van der Waals surface area contributed by atoms with Gasteiger partial charge in [-0.3, -0.25) is 14.4 Å². The molecule has 5 heteroatoms. The van der Waals surface area contributed by atoms with Crippen LogP contribution in [0.1, 0.15) is 91.9 Å². The molecule has 0 aromatic heterocycles. The molecule has 4 bridgehead atoms. The minimum Gasteiger partial charge on any atom is -0.458 e. The summed E-state index contributed by atoms with van der Waals surface area (Å²) in [6, 6.07) is 0. The molecule has 2 unspecified atom stereocenters. The number of rotatable bonds is 7. The number of hydrogen-bond acceptors (Lipinski definition) is 5. The molecule has 2 atom stereocenters. The van der Waals surface area contributed by atoms with Crippen LogP contribution in [0.15, 0.2) is 0 Å².